The van der Waals surface area contributed by atoms with E-state index in [0.29, 0.717) is 30.0 Å². The van der Waals surface area contributed by atoms with E-state index < -0.39 is 0 Å². The third-order valence-electron chi connectivity index (χ3n) is 2.53. The van der Waals surface area contributed by atoms with Gasteiger partial charge in [0.1, 0.15) is 11.8 Å². The predicted octanol–water partition coefficient (Wildman–Crippen LogP) is 2.28. The van der Waals surface area contributed by atoms with Gasteiger partial charge in [0.25, 0.3) is 0 Å². The Labute approximate surface area is 119 Å². The molecule has 0 atom stereocenters. The van der Waals surface area contributed by atoms with E-state index in [1.165, 1.54) is 0 Å². The Morgan fingerprint density at radius 1 is 1.40 bits per heavy atom. The van der Waals surface area contributed by atoms with Gasteiger partial charge in [-0.05, 0) is 32.9 Å². The quantitative estimate of drug-likeness (QED) is 0.864. The molecule has 0 heterocycles. The van der Waals surface area contributed by atoms with Crippen molar-refractivity contribution in [2.24, 2.45) is 0 Å². The number of benzene rings is 1. The zero-order valence-corrected chi connectivity index (χ0v) is 12.4. The highest BCUT2D eigenvalue weighted by Gasteiger charge is 2.13. The van der Waals surface area contributed by atoms with Crippen LogP contribution in [0.1, 0.15) is 32.8 Å². The average molecular weight is 275 g/mol. The molecule has 1 amide bonds. The van der Waals surface area contributed by atoms with Gasteiger partial charge in [0, 0.05) is 24.6 Å². The topological polar surface area (TPSA) is 74.1 Å². The summed E-state index contributed by atoms with van der Waals surface area (Å²) < 4.78 is 5.12. The van der Waals surface area contributed by atoms with E-state index >= 15 is 0 Å². The van der Waals surface area contributed by atoms with Gasteiger partial charge in [0.05, 0.1) is 18.4 Å². The average Bonchev–Trinajstić information content (AvgIpc) is 2.36. The van der Waals surface area contributed by atoms with Crippen LogP contribution in [0.4, 0.5) is 5.69 Å². The number of nitrogens with one attached hydrogen (secondary N) is 2. The van der Waals surface area contributed by atoms with Crippen LogP contribution < -0.4 is 15.4 Å². The zero-order valence-electron chi connectivity index (χ0n) is 12.4. The molecule has 0 unspecified atom stereocenters. The number of carbonyl (C=O) groups excluding carboxylic acids is 1. The van der Waals surface area contributed by atoms with Crippen LogP contribution in [0.3, 0.4) is 0 Å². The second kappa shape index (κ2) is 6.80. The molecule has 5 nitrogen and oxygen atoms in total. The largest absolute Gasteiger partial charge is 0.497 e. The smallest absolute Gasteiger partial charge is 0.222 e. The van der Waals surface area contributed by atoms with Crippen LogP contribution in [0.5, 0.6) is 5.75 Å². The molecule has 20 heavy (non-hydrogen) atoms. The SMILES string of the molecule is COc1ccc(C#N)c(NCCC(=O)NC(C)(C)C)c1. The van der Waals surface area contributed by atoms with Gasteiger partial charge in [0.2, 0.25) is 5.91 Å². The summed E-state index contributed by atoms with van der Waals surface area (Å²) >= 11 is 0. The Morgan fingerprint density at radius 2 is 2.10 bits per heavy atom. The van der Waals surface area contributed by atoms with Crippen molar-refractivity contribution in [2.45, 2.75) is 32.7 Å². The number of amides is 1. The molecule has 0 saturated heterocycles. The van der Waals surface area contributed by atoms with Crippen molar-refractivity contribution in [3.8, 4) is 11.8 Å². The van der Waals surface area contributed by atoms with Gasteiger partial charge in [-0.2, -0.15) is 5.26 Å². The highest BCUT2D eigenvalue weighted by atomic mass is 16.5. The Morgan fingerprint density at radius 3 is 2.65 bits per heavy atom. The lowest BCUT2D eigenvalue weighted by atomic mass is 10.1. The second-order valence-corrected chi connectivity index (χ2v) is 5.50. The normalized spacial score (nSPS) is 10.6. The van der Waals surface area contributed by atoms with Crippen molar-refractivity contribution in [3.05, 3.63) is 23.8 Å². The number of rotatable bonds is 5. The molecular weight excluding hydrogens is 254 g/mol. The van der Waals surface area contributed by atoms with Gasteiger partial charge in [-0.15, -0.1) is 0 Å². The van der Waals surface area contributed by atoms with Crippen molar-refractivity contribution >= 4 is 11.6 Å². The van der Waals surface area contributed by atoms with Crippen LogP contribution in [0.15, 0.2) is 18.2 Å². The number of hydrogen-bond acceptors (Lipinski definition) is 4. The number of nitriles is 1. The molecule has 0 saturated carbocycles. The summed E-state index contributed by atoms with van der Waals surface area (Å²) in [5, 5.41) is 15.0. The predicted molar refractivity (Wildman–Crippen MR) is 78.7 cm³/mol. The Hall–Kier alpha value is -2.22. The summed E-state index contributed by atoms with van der Waals surface area (Å²) in [6, 6.07) is 7.28. The molecule has 0 spiro atoms. The van der Waals surface area contributed by atoms with Gasteiger partial charge >= 0.3 is 0 Å². The highest BCUT2D eigenvalue weighted by Crippen LogP contribution is 2.21. The van der Waals surface area contributed by atoms with Crippen LogP contribution >= 0.6 is 0 Å². The summed E-state index contributed by atoms with van der Waals surface area (Å²) in [5.41, 5.74) is 0.975. The lowest BCUT2D eigenvalue weighted by Gasteiger charge is -2.20. The van der Waals surface area contributed by atoms with E-state index in [1.54, 1.807) is 25.3 Å². The summed E-state index contributed by atoms with van der Waals surface area (Å²) in [5.74, 6) is 0.650. The summed E-state index contributed by atoms with van der Waals surface area (Å²) in [4.78, 5) is 11.7. The monoisotopic (exact) mass is 275 g/mol. The molecule has 0 bridgehead atoms. The fourth-order valence-corrected chi connectivity index (χ4v) is 1.69. The first-order chi connectivity index (χ1) is 9.35. The maximum absolute atomic E-state index is 11.7. The first-order valence-corrected chi connectivity index (χ1v) is 6.49. The van der Waals surface area contributed by atoms with Crippen LogP contribution in [0, 0.1) is 11.3 Å². The third-order valence-corrected chi connectivity index (χ3v) is 2.53. The van der Waals surface area contributed by atoms with Gasteiger partial charge in [-0.25, -0.2) is 0 Å². The second-order valence-electron chi connectivity index (χ2n) is 5.50. The Kier molecular flexibility index (Phi) is 5.39. The summed E-state index contributed by atoms with van der Waals surface area (Å²) in [6.45, 7) is 6.28. The number of ether oxygens (including phenoxy) is 1. The minimum absolute atomic E-state index is 0.0218. The van der Waals surface area contributed by atoms with E-state index in [2.05, 4.69) is 16.7 Å². The van der Waals surface area contributed by atoms with Gasteiger partial charge < -0.3 is 15.4 Å². The van der Waals surface area contributed by atoms with E-state index in [4.69, 9.17) is 10.00 Å². The van der Waals surface area contributed by atoms with Crippen molar-refractivity contribution in [1.29, 1.82) is 5.26 Å². The number of nitrogens with zero attached hydrogens (tertiary/aromatic N) is 1. The van der Waals surface area contributed by atoms with Crippen LogP contribution in [-0.2, 0) is 4.79 Å². The van der Waals surface area contributed by atoms with Crippen LogP contribution in [-0.4, -0.2) is 25.1 Å². The molecule has 0 aliphatic rings. The van der Waals surface area contributed by atoms with Crippen molar-refractivity contribution in [3.63, 3.8) is 0 Å². The molecular formula is C15H21N3O2. The lowest BCUT2D eigenvalue weighted by molar-refractivity contribution is -0.122. The molecule has 0 radical (unpaired) electrons. The molecule has 0 fully saturated rings. The zero-order chi connectivity index (χ0) is 15.2. The molecule has 1 aromatic rings. The molecule has 2 N–H and O–H groups in total. The van der Waals surface area contributed by atoms with Crippen molar-refractivity contribution in [2.75, 3.05) is 19.0 Å². The standard InChI is InChI=1S/C15H21N3O2/c1-15(2,3)18-14(19)7-8-17-13-9-12(20-4)6-5-11(13)10-16/h5-6,9,17H,7-8H2,1-4H3,(H,18,19). The number of anilines is 1. The summed E-state index contributed by atoms with van der Waals surface area (Å²) in [7, 11) is 1.57. The minimum Gasteiger partial charge on any atom is -0.497 e. The highest BCUT2D eigenvalue weighted by molar-refractivity contribution is 5.77. The van der Waals surface area contributed by atoms with Gasteiger partial charge in [-0.3, -0.25) is 4.79 Å². The maximum atomic E-state index is 11.7. The van der Waals surface area contributed by atoms with E-state index in [1.807, 2.05) is 20.8 Å². The fraction of sp³-hybridized carbons (Fsp3) is 0.467. The first kappa shape index (κ1) is 15.8. The molecule has 0 aliphatic heterocycles. The van der Waals surface area contributed by atoms with Crippen molar-refractivity contribution in [1.82, 2.24) is 5.32 Å². The molecule has 1 rings (SSSR count). The minimum atomic E-state index is -0.231. The van der Waals surface area contributed by atoms with Crippen molar-refractivity contribution < 1.29 is 9.53 Å². The third kappa shape index (κ3) is 5.19. The number of methoxy groups -OCH3 is 1. The first-order valence-electron chi connectivity index (χ1n) is 6.49. The van der Waals surface area contributed by atoms with Crippen LogP contribution in [0.2, 0.25) is 0 Å². The van der Waals surface area contributed by atoms with Crippen LogP contribution in [0.25, 0.3) is 0 Å². The maximum Gasteiger partial charge on any atom is 0.222 e. The van der Waals surface area contributed by atoms with E-state index in [9.17, 15) is 4.79 Å². The number of carbonyl (C=O) groups is 1. The van der Waals surface area contributed by atoms with Gasteiger partial charge in [0.15, 0.2) is 0 Å². The van der Waals surface area contributed by atoms with Gasteiger partial charge in [-0.1, -0.05) is 0 Å². The van der Waals surface area contributed by atoms with E-state index in [-0.39, 0.29) is 11.4 Å². The fourth-order valence-electron chi connectivity index (χ4n) is 1.69. The Balaban J connectivity index is 2.58. The lowest BCUT2D eigenvalue weighted by Crippen LogP contribution is -2.41. The molecule has 0 aromatic heterocycles. The molecule has 5 heteroatoms. The molecule has 0 aliphatic carbocycles. The molecule has 108 valence electrons. The number of hydrogen-bond donors (Lipinski definition) is 2. The Bertz CT molecular complexity index is 513. The van der Waals surface area contributed by atoms with E-state index in [0.717, 1.165) is 0 Å². The summed E-state index contributed by atoms with van der Waals surface area (Å²) in [6.07, 6.45) is 0.347. The molecule has 1 aromatic carbocycles.